The lowest BCUT2D eigenvalue weighted by atomic mass is 10.2. The fourth-order valence-corrected chi connectivity index (χ4v) is 1.60. The van der Waals surface area contributed by atoms with E-state index < -0.39 is 0 Å². The second kappa shape index (κ2) is 3.77. The van der Waals surface area contributed by atoms with Crippen LogP contribution in [0.25, 0.3) is 11.4 Å². The molecule has 2 aromatic rings. The smallest absolute Gasteiger partial charge is 0.143 e. The molecule has 0 radical (unpaired) electrons. The number of imidazole rings is 1. The lowest BCUT2D eigenvalue weighted by molar-refractivity contribution is 0.476. The number of benzene rings is 1. The summed E-state index contributed by atoms with van der Waals surface area (Å²) in [6.07, 6.45) is 3.67. The van der Waals surface area contributed by atoms with Gasteiger partial charge in [-0.15, -0.1) is 0 Å². The van der Waals surface area contributed by atoms with E-state index in [1.54, 1.807) is 12.3 Å². The van der Waals surface area contributed by atoms with Gasteiger partial charge in [-0.1, -0.05) is 12.1 Å². The second-order valence-electron chi connectivity index (χ2n) is 3.77. The summed E-state index contributed by atoms with van der Waals surface area (Å²) in [5.74, 6) is 1.08. The maximum Gasteiger partial charge on any atom is 0.143 e. The van der Waals surface area contributed by atoms with Crippen molar-refractivity contribution in [3.8, 4) is 17.1 Å². The van der Waals surface area contributed by atoms with Crippen LogP contribution in [-0.4, -0.2) is 14.7 Å². The quantitative estimate of drug-likeness (QED) is 0.813. The number of phenols is 1. The third-order valence-corrected chi connectivity index (χ3v) is 2.37. The molecular weight excluding hydrogens is 188 g/mol. The van der Waals surface area contributed by atoms with Gasteiger partial charge in [0.2, 0.25) is 0 Å². The van der Waals surface area contributed by atoms with Gasteiger partial charge in [-0.2, -0.15) is 0 Å². The van der Waals surface area contributed by atoms with Gasteiger partial charge in [0.15, 0.2) is 0 Å². The molecule has 1 N–H and O–H groups in total. The molecule has 2 rings (SSSR count). The van der Waals surface area contributed by atoms with Crippen molar-refractivity contribution in [2.75, 3.05) is 0 Å². The van der Waals surface area contributed by atoms with E-state index in [0.29, 0.717) is 6.04 Å². The molecule has 3 heteroatoms. The monoisotopic (exact) mass is 202 g/mol. The van der Waals surface area contributed by atoms with Crippen LogP contribution in [0.4, 0.5) is 0 Å². The largest absolute Gasteiger partial charge is 0.507 e. The second-order valence-corrected chi connectivity index (χ2v) is 3.77. The number of para-hydroxylation sites is 1. The molecule has 15 heavy (non-hydrogen) atoms. The summed E-state index contributed by atoms with van der Waals surface area (Å²) in [5.41, 5.74) is 0.774. The van der Waals surface area contributed by atoms with E-state index in [4.69, 9.17) is 0 Å². The van der Waals surface area contributed by atoms with Crippen molar-refractivity contribution in [1.82, 2.24) is 9.55 Å². The SMILES string of the molecule is CC(C)n1ccnc1-c1ccccc1O. The molecule has 1 heterocycles. The van der Waals surface area contributed by atoms with E-state index in [1.807, 2.05) is 29.0 Å². The van der Waals surface area contributed by atoms with Gasteiger partial charge in [0.25, 0.3) is 0 Å². The van der Waals surface area contributed by atoms with E-state index in [-0.39, 0.29) is 5.75 Å². The van der Waals surface area contributed by atoms with Crippen molar-refractivity contribution in [1.29, 1.82) is 0 Å². The Labute approximate surface area is 89.0 Å². The molecule has 0 aliphatic carbocycles. The van der Waals surface area contributed by atoms with Gasteiger partial charge in [-0.05, 0) is 26.0 Å². The van der Waals surface area contributed by atoms with E-state index in [2.05, 4.69) is 18.8 Å². The summed E-state index contributed by atoms with van der Waals surface area (Å²) in [6.45, 7) is 4.18. The minimum absolute atomic E-state index is 0.269. The first kappa shape index (κ1) is 9.77. The summed E-state index contributed by atoms with van der Waals surface area (Å²) in [7, 11) is 0. The van der Waals surface area contributed by atoms with Crippen molar-refractivity contribution in [3.63, 3.8) is 0 Å². The maximum absolute atomic E-state index is 9.74. The fourth-order valence-electron chi connectivity index (χ4n) is 1.60. The Morgan fingerprint density at radius 2 is 2.00 bits per heavy atom. The Balaban J connectivity index is 2.55. The van der Waals surface area contributed by atoms with Gasteiger partial charge in [-0.3, -0.25) is 0 Å². The molecule has 0 aliphatic rings. The van der Waals surface area contributed by atoms with Crippen LogP contribution in [0.5, 0.6) is 5.75 Å². The zero-order chi connectivity index (χ0) is 10.8. The maximum atomic E-state index is 9.74. The highest BCUT2D eigenvalue weighted by molar-refractivity contribution is 5.63. The van der Waals surface area contributed by atoms with Crippen molar-refractivity contribution in [2.45, 2.75) is 19.9 Å². The topological polar surface area (TPSA) is 38.0 Å². The first-order valence-corrected chi connectivity index (χ1v) is 5.01. The predicted octanol–water partition coefficient (Wildman–Crippen LogP) is 2.84. The summed E-state index contributed by atoms with van der Waals surface area (Å²) in [5, 5.41) is 9.74. The normalized spacial score (nSPS) is 10.9. The molecule has 0 bridgehead atoms. The van der Waals surface area contributed by atoms with Gasteiger partial charge in [-0.25, -0.2) is 4.98 Å². The van der Waals surface area contributed by atoms with Crippen LogP contribution in [0.2, 0.25) is 0 Å². The summed E-state index contributed by atoms with van der Waals surface area (Å²) in [4.78, 5) is 4.27. The average Bonchev–Trinajstić information content (AvgIpc) is 2.67. The zero-order valence-electron chi connectivity index (χ0n) is 8.88. The molecule has 0 amide bonds. The number of hydrogen-bond acceptors (Lipinski definition) is 2. The van der Waals surface area contributed by atoms with Crippen molar-refractivity contribution in [3.05, 3.63) is 36.7 Å². The van der Waals surface area contributed by atoms with Gasteiger partial charge in [0, 0.05) is 18.4 Å². The number of aromatic nitrogens is 2. The van der Waals surface area contributed by atoms with Gasteiger partial charge < -0.3 is 9.67 Å². The van der Waals surface area contributed by atoms with Crippen molar-refractivity contribution >= 4 is 0 Å². The van der Waals surface area contributed by atoms with Crippen LogP contribution in [0.1, 0.15) is 19.9 Å². The average molecular weight is 202 g/mol. The lowest BCUT2D eigenvalue weighted by Gasteiger charge is -2.11. The third kappa shape index (κ3) is 1.73. The summed E-state index contributed by atoms with van der Waals surface area (Å²) < 4.78 is 2.04. The summed E-state index contributed by atoms with van der Waals surface area (Å²) in [6, 6.07) is 7.59. The molecule has 0 atom stereocenters. The minimum Gasteiger partial charge on any atom is -0.507 e. The van der Waals surface area contributed by atoms with Crippen LogP contribution in [-0.2, 0) is 0 Å². The van der Waals surface area contributed by atoms with Crippen LogP contribution < -0.4 is 0 Å². The number of aromatic hydroxyl groups is 1. The van der Waals surface area contributed by atoms with Crippen molar-refractivity contribution < 1.29 is 5.11 Å². The Hall–Kier alpha value is -1.77. The lowest BCUT2D eigenvalue weighted by Crippen LogP contribution is -2.01. The van der Waals surface area contributed by atoms with Crippen LogP contribution in [0.3, 0.4) is 0 Å². The zero-order valence-corrected chi connectivity index (χ0v) is 8.88. The third-order valence-electron chi connectivity index (χ3n) is 2.37. The fraction of sp³-hybridized carbons (Fsp3) is 0.250. The Morgan fingerprint density at radius 3 is 2.67 bits per heavy atom. The van der Waals surface area contributed by atoms with E-state index in [0.717, 1.165) is 11.4 Å². The molecule has 0 fully saturated rings. The standard InChI is InChI=1S/C12H14N2O/c1-9(2)14-8-7-13-12(14)10-5-3-4-6-11(10)15/h3-9,15H,1-2H3. The Bertz CT molecular complexity index is 460. The molecule has 0 aliphatic heterocycles. The van der Waals surface area contributed by atoms with Crippen molar-refractivity contribution in [2.24, 2.45) is 0 Å². The number of phenolic OH excluding ortho intramolecular Hbond substituents is 1. The molecule has 1 aromatic heterocycles. The van der Waals surface area contributed by atoms with Gasteiger partial charge >= 0.3 is 0 Å². The summed E-state index contributed by atoms with van der Waals surface area (Å²) >= 11 is 0. The molecule has 0 saturated carbocycles. The first-order valence-electron chi connectivity index (χ1n) is 5.01. The van der Waals surface area contributed by atoms with Crippen LogP contribution >= 0.6 is 0 Å². The molecule has 78 valence electrons. The molecular formula is C12H14N2O. The van der Waals surface area contributed by atoms with Crippen LogP contribution in [0.15, 0.2) is 36.7 Å². The highest BCUT2D eigenvalue weighted by Crippen LogP contribution is 2.28. The first-order chi connectivity index (χ1) is 7.20. The highest BCUT2D eigenvalue weighted by atomic mass is 16.3. The number of nitrogens with zero attached hydrogens (tertiary/aromatic N) is 2. The number of rotatable bonds is 2. The van der Waals surface area contributed by atoms with Gasteiger partial charge in [0.05, 0.1) is 5.56 Å². The molecule has 0 unspecified atom stereocenters. The molecule has 1 aromatic carbocycles. The predicted molar refractivity (Wildman–Crippen MR) is 59.7 cm³/mol. The van der Waals surface area contributed by atoms with E-state index in [1.165, 1.54) is 0 Å². The Kier molecular flexibility index (Phi) is 2.46. The molecule has 3 nitrogen and oxygen atoms in total. The number of hydrogen-bond donors (Lipinski definition) is 1. The van der Waals surface area contributed by atoms with Gasteiger partial charge in [0.1, 0.15) is 11.6 Å². The Morgan fingerprint density at radius 1 is 1.27 bits per heavy atom. The van der Waals surface area contributed by atoms with E-state index >= 15 is 0 Å². The molecule has 0 spiro atoms. The van der Waals surface area contributed by atoms with E-state index in [9.17, 15) is 5.11 Å². The van der Waals surface area contributed by atoms with Crippen LogP contribution in [0, 0.1) is 0 Å². The highest BCUT2D eigenvalue weighted by Gasteiger charge is 2.11. The minimum atomic E-state index is 0.269. The molecule has 0 saturated heterocycles.